The highest BCUT2D eigenvalue weighted by molar-refractivity contribution is 5.96. The summed E-state index contributed by atoms with van der Waals surface area (Å²) in [6.07, 6.45) is 7.63. The van der Waals surface area contributed by atoms with E-state index in [-0.39, 0.29) is 5.91 Å². The molecule has 1 amide bonds. The van der Waals surface area contributed by atoms with Crippen LogP contribution in [0.4, 0.5) is 0 Å². The number of rotatable bonds is 2. The number of carbonyl (C=O) groups is 1. The second kappa shape index (κ2) is 5.57. The van der Waals surface area contributed by atoms with Gasteiger partial charge in [-0.2, -0.15) is 0 Å². The van der Waals surface area contributed by atoms with Crippen LogP contribution in [0.2, 0.25) is 0 Å². The molecule has 3 heterocycles. The Morgan fingerprint density at radius 1 is 1.35 bits per heavy atom. The van der Waals surface area contributed by atoms with Crippen LogP contribution in [0.5, 0.6) is 0 Å². The molecule has 4 rings (SSSR count). The number of likely N-dealkylation sites (tertiary alicyclic amines) is 1. The predicted molar refractivity (Wildman–Crippen MR) is 87.4 cm³/mol. The quantitative estimate of drug-likeness (QED) is 0.729. The highest BCUT2D eigenvalue weighted by Gasteiger charge is 2.27. The first-order valence-electron chi connectivity index (χ1n) is 7.97. The molecule has 1 aromatic carbocycles. The summed E-state index contributed by atoms with van der Waals surface area (Å²) in [5, 5.41) is 0.983. The van der Waals surface area contributed by atoms with Crippen LogP contribution in [0, 0.1) is 6.92 Å². The standard InChI is InChI=1S/C18H19N3O2/c1-13-4-5-16-14(9-13)10-17(23-16)18(22)20-7-2-3-15(11-20)21-8-6-19-12-21/h4-6,8-10,12,15H,2-3,7,11H2,1H3/t15-/m0/s1. The van der Waals surface area contributed by atoms with Gasteiger partial charge in [0.2, 0.25) is 0 Å². The third-order valence-electron chi connectivity index (χ3n) is 4.51. The van der Waals surface area contributed by atoms with Gasteiger partial charge in [-0.15, -0.1) is 0 Å². The van der Waals surface area contributed by atoms with E-state index in [4.69, 9.17) is 4.42 Å². The first kappa shape index (κ1) is 14.1. The molecule has 23 heavy (non-hydrogen) atoms. The average molecular weight is 309 g/mol. The Balaban J connectivity index is 1.57. The Kier molecular flexibility index (Phi) is 3.41. The maximum Gasteiger partial charge on any atom is 0.289 e. The van der Waals surface area contributed by atoms with Crippen molar-refractivity contribution in [3.05, 3.63) is 54.3 Å². The average Bonchev–Trinajstić information content (AvgIpc) is 3.23. The lowest BCUT2D eigenvalue weighted by atomic mass is 10.1. The fourth-order valence-corrected chi connectivity index (χ4v) is 3.29. The molecule has 0 saturated carbocycles. The van der Waals surface area contributed by atoms with Crippen LogP contribution in [0.25, 0.3) is 11.0 Å². The smallest absolute Gasteiger partial charge is 0.289 e. The lowest BCUT2D eigenvalue weighted by Crippen LogP contribution is -2.40. The number of carbonyl (C=O) groups excluding carboxylic acids is 1. The summed E-state index contributed by atoms with van der Waals surface area (Å²) in [6.45, 7) is 3.51. The Labute approximate surface area is 134 Å². The van der Waals surface area contributed by atoms with E-state index in [9.17, 15) is 4.79 Å². The number of nitrogens with zero attached hydrogens (tertiary/aromatic N) is 3. The number of aromatic nitrogens is 2. The molecule has 2 aromatic heterocycles. The minimum absolute atomic E-state index is 0.0244. The largest absolute Gasteiger partial charge is 0.451 e. The first-order chi connectivity index (χ1) is 11.2. The van der Waals surface area contributed by atoms with E-state index in [1.54, 1.807) is 6.20 Å². The van der Waals surface area contributed by atoms with Crippen LogP contribution >= 0.6 is 0 Å². The third-order valence-corrected chi connectivity index (χ3v) is 4.51. The summed E-state index contributed by atoms with van der Waals surface area (Å²) < 4.78 is 7.84. The van der Waals surface area contributed by atoms with Crippen molar-refractivity contribution < 1.29 is 9.21 Å². The number of benzene rings is 1. The maximum absolute atomic E-state index is 12.8. The van der Waals surface area contributed by atoms with E-state index in [2.05, 4.69) is 9.55 Å². The van der Waals surface area contributed by atoms with Crippen LogP contribution in [0.15, 0.2) is 47.4 Å². The van der Waals surface area contributed by atoms with Gasteiger partial charge in [-0.1, -0.05) is 11.6 Å². The Bertz CT molecular complexity index is 835. The van der Waals surface area contributed by atoms with Crippen molar-refractivity contribution in [1.82, 2.24) is 14.5 Å². The highest BCUT2D eigenvalue weighted by atomic mass is 16.3. The topological polar surface area (TPSA) is 51.3 Å². The first-order valence-corrected chi connectivity index (χ1v) is 7.97. The summed E-state index contributed by atoms with van der Waals surface area (Å²) in [5.41, 5.74) is 1.93. The van der Waals surface area contributed by atoms with Crippen LogP contribution in [0.3, 0.4) is 0 Å². The van der Waals surface area contributed by atoms with Crippen molar-refractivity contribution >= 4 is 16.9 Å². The van der Waals surface area contributed by atoms with Gasteiger partial charge >= 0.3 is 0 Å². The zero-order valence-electron chi connectivity index (χ0n) is 13.1. The summed E-state index contributed by atoms with van der Waals surface area (Å²) in [6, 6.07) is 8.11. The van der Waals surface area contributed by atoms with Gasteiger partial charge in [0, 0.05) is 30.9 Å². The number of furan rings is 1. The molecular weight excluding hydrogens is 290 g/mol. The van der Waals surface area contributed by atoms with Crippen molar-refractivity contribution in [2.45, 2.75) is 25.8 Å². The fourth-order valence-electron chi connectivity index (χ4n) is 3.29. The van der Waals surface area contributed by atoms with Gasteiger partial charge in [0.05, 0.1) is 12.4 Å². The number of piperidine rings is 1. The number of fused-ring (bicyclic) bond motifs is 1. The van der Waals surface area contributed by atoms with E-state index in [1.165, 1.54) is 0 Å². The summed E-state index contributed by atoms with van der Waals surface area (Å²) in [7, 11) is 0. The number of imidazole rings is 1. The number of aryl methyl sites for hydroxylation is 1. The van der Waals surface area contributed by atoms with E-state index < -0.39 is 0 Å². The van der Waals surface area contributed by atoms with Crippen LogP contribution in [-0.2, 0) is 0 Å². The Morgan fingerprint density at radius 3 is 3.09 bits per heavy atom. The summed E-state index contributed by atoms with van der Waals surface area (Å²) in [5.74, 6) is 0.403. The Hall–Kier alpha value is -2.56. The van der Waals surface area contributed by atoms with Gasteiger partial charge in [-0.3, -0.25) is 4.79 Å². The second-order valence-electron chi connectivity index (χ2n) is 6.21. The van der Waals surface area contributed by atoms with E-state index >= 15 is 0 Å². The third kappa shape index (κ3) is 2.63. The van der Waals surface area contributed by atoms with Crippen LogP contribution < -0.4 is 0 Å². The molecule has 5 nitrogen and oxygen atoms in total. The zero-order chi connectivity index (χ0) is 15.8. The van der Waals surface area contributed by atoms with Crippen LogP contribution in [0.1, 0.15) is 35.0 Å². The minimum atomic E-state index is -0.0244. The molecule has 0 N–H and O–H groups in total. The molecule has 1 aliphatic rings. The number of hydrogen-bond acceptors (Lipinski definition) is 3. The molecule has 0 bridgehead atoms. The SMILES string of the molecule is Cc1ccc2oc(C(=O)N3CCC[C@H](n4ccnc4)C3)cc2c1. The highest BCUT2D eigenvalue weighted by Crippen LogP contribution is 2.25. The minimum Gasteiger partial charge on any atom is -0.451 e. The molecule has 0 unspecified atom stereocenters. The van der Waals surface area contributed by atoms with Crippen molar-refractivity contribution in [1.29, 1.82) is 0 Å². The molecule has 0 aliphatic carbocycles. The van der Waals surface area contributed by atoms with Gasteiger partial charge in [-0.25, -0.2) is 4.98 Å². The van der Waals surface area contributed by atoms with E-state index in [0.29, 0.717) is 18.3 Å². The van der Waals surface area contributed by atoms with Crippen molar-refractivity contribution in [3.63, 3.8) is 0 Å². The van der Waals surface area contributed by atoms with Gasteiger partial charge in [0.25, 0.3) is 5.91 Å². The second-order valence-corrected chi connectivity index (χ2v) is 6.21. The van der Waals surface area contributed by atoms with Crippen molar-refractivity contribution in [2.75, 3.05) is 13.1 Å². The van der Waals surface area contributed by atoms with Gasteiger partial charge in [0.15, 0.2) is 5.76 Å². The summed E-state index contributed by atoms with van der Waals surface area (Å²) in [4.78, 5) is 18.8. The lowest BCUT2D eigenvalue weighted by Gasteiger charge is -2.32. The molecule has 5 heteroatoms. The normalized spacial score (nSPS) is 18.5. The van der Waals surface area contributed by atoms with Gasteiger partial charge < -0.3 is 13.9 Å². The number of amides is 1. The predicted octanol–water partition coefficient (Wildman–Crippen LogP) is 3.42. The van der Waals surface area contributed by atoms with Gasteiger partial charge in [0.1, 0.15) is 5.58 Å². The lowest BCUT2D eigenvalue weighted by molar-refractivity contribution is 0.0650. The maximum atomic E-state index is 12.8. The van der Waals surface area contributed by atoms with Crippen molar-refractivity contribution in [3.8, 4) is 0 Å². The fraction of sp³-hybridized carbons (Fsp3) is 0.333. The molecule has 1 fully saturated rings. The van der Waals surface area contributed by atoms with Gasteiger partial charge in [-0.05, 0) is 38.0 Å². The Morgan fingerprint density at radius 2 is 2.26 bits per heavy atom. The molecule has 1 atom stereocenters. The van der Waals surface area contributed by atoms with E-state index in [0.717, 1.165) is 35.9 Å². The molecule has 1 saturated heterocycles. The molecule has 118 valence electrons. The molecule has 1 aliphatic heterocycles. The monoisotopic (exact) mass is 309 g/mol. The molecule has 0 radical (unpaired) electrons. The van der Waals surface area contributed by atoms with E-state index in [1.807, 2.05) is 48.6 Å². The summed E-state index contributed by atoms with van der Waals surface area (Å²) >= 11 is 0. The number of hydrogen-bond donors (Lipinski definition) is 0. The molecule has 3 aromatic rings. The zero-order valence-corrected chi connectivity index (χ0v) is 13.1. The molecule has 0 spiro atoms. The van der Waals surface area contributed by atoms with Crippen molar-refractivity contribution in [2.24, 2.45) is 0 Å². The molecular formula is C18H19N3O2. The van der Waals surface area contributed by atoms with Crippen LogP contribution in [-0.4, -0.2) is 33.4 Å².